The number of fused-ring (bicyclic) bond motifs is 1. The summed E-state index contributed by atoms with van der Waals surface area (Å²) in [6.45, 7) is 7.33. The molecule has 0 aliphatic rings. The molecule has 0 saturated heterocycles. The summed E-state index contributed by atoms with van der Waals surface area (Å²) in [5.41, 5.74) is 12.6. The van der Waals surface area contributed by atoms with Gasteiger partial charge in [-0.25, -0.2) is 0 Å². The van der Waals surface area contributed by atoms with Gasteiger partial charge >= 0.3 is 5.97 Å². The zero-order valence-corrected chi connectivity index (χ0v) is 31.0. The van der Waals surface area contributed by atoms with Crippen molar-refractivity contribution in [1.82, 2.24) is 10.6 Å². The second-order valence-electron chi connectivity index (χ2n) is 14.1. The Morgan fingerprint density at radius 3 is 2.04 bits per heavy atom. The van der Waals surface area contributed by atoms with E-state index in [0.717, 1.165) is 21.9 Å². The molecule has 0 aliphatic heterocycles. The van der Waals surface area contributed by atoms with Crippen molar-refractivity contribution < 1.29 is 38.3 Å². The molecule has 53 heavy (non-hydrogen) atoms. The van der Waals surface area contributed by atoms with E-state index >= 15 is 0 Å². The van der Waals surface area contributed by atoms with Crippen molar-refractivity contribution in [3.63, 3.8) is 0 Å². The van der Waals surface area contributed by atoms with E-state index in [1.807, 2.05) is 86.6 Å². The van der Waals surface area contributed by atoms with Gasteiger partial charge in [-0.15, -0.1) is 0 Å². The number of carbonyl (C=O) groups excluding carboxylic acids is 7. The van der Waals surface area contributed by atoms with Crippen LogP contribution in [0.4, 0.5) is 0 Å². The minimum Gasteiger partial charge on any atom is -0.461 e. The zero-order chi connectivity index (χ0) is 39.1. The summed E-state index contributed by atoms with van der Waals surface area (Å²) in [6.07, 6.45) is -0.186. The Morgan fingerprint density at radius 1 is 0.755 bits per heavy atom. The number of carbonyl (C=O) groups is 7. The van der Waals surface area contributed by atoms with E-state index in [1.54, 1.807) is 13.8 Å². The molecule has 3 aromatic carbocycles. The molecule has 12 heteroatoms. The van der Waals surface area contributed by atoms with Gasteiger partial charge in [-0.05, 0) is 53.0 Å². The topological polar surface area (TPSA) is 205 Å². The molecule has 0 aromatic heterocycles. The number of amides is 4. The molecule has 5 atom stereocenters. The van der Waals surface area contributed by atoms with E-state index in [1.165, 1.54) is 0 Å². The third kappa shape index (κ3) is 13.6. The van der Waals surface area contributed by atoms with Crippen LogP contribution in [-0.4, -0.2) is 53.2 Å². The molecule has 12 nitrogen and oxygen atoms in total. The van der Waals surface area contributed by atoms with Gasteiger partial charge < -0.3 is 26.8 Å². The summed E-state index contributed by atoms with van der Waals surface area (Å²) in [5.74, 6) is -7.60. The molecular weight excluding hydrogens is 676 g/mol. The van der Waals surface area contributed by atoms with E-state index in [0.29, 0.717) is 12.8 Å². The summed E-state index contributed by atoms with van der Waals surface area (Å²) in [4.78, 5) is 91.3. The van der Waals surface area contributed by atoms with Crippen LogP contribution in [0.5, 0.6) is 0 Å². The number of nitrogens with two attached hydrogens (primary N) is 2. The number of esters is 1. The van der Waals surface area contributed by atoms with Crippen LogP contribution in [0, 0.1) is 23.7 Å². The molecule has 0 heterocycles. The lowest BCUT2D eigenvalue weighted by atomic mass is 9.89. The van der Waals surface area contributed by atoms with E-state index < -0.39 is 71.0 Å². The van der Waals surface area contributed by atoms with Crippen LogP contribution in [0.15, 0.2) is 72.8 Å². The van der Waals surface area contributed by atoms with Crippen molar-refractivity contribution >= 4 is 51.9 Å². The number of nitrogens with one attached hydrogen (secondary N) is 2. The van der Waals surface area contributed by atoms with Crippen molar-refractivity contribution in [3.8, 4) is 0 Å². The minimum atomic E-state index is -1.33. The normalized spacial score (nSPS) is 14.0. The van der Waals surface area contributed by atoms with E-state index in [9.17, 15) is 33.6 Å². The summed E-state index contributed by atoms with van der Waals surface area (Å²) in [7, 11) is 0. The number of hydrogen-bond acceptors (Lipinski definition) is 8. The summed E-state index contributed by atoms with van der Waals surface area (Å²) >= 11 is 0. The summed E-state index contributed by atoms with van der Waals surface area (Å²) in [6, 6.07) is 19.8. The Morgan fingerprint density at radius 2 is 1.42 bits per heavy atom. The molecule has 0 fully saturated rings. The zero-order valence-electron chi connectivity index (χ0n) is 31.0. The molecule has 0 spiro atoms. The van der Waals surface area contributed by atoms with Gasteiger partial charge in [0.2, 0.25) is 23.5 Å². The highest BCUT2D eigenvalue weighted by Crippen LogP contribution is 2.22. The van der Waals surface area contributed by atoms with Crippen LogP contribution in [0.3, 0.4) is 0 Å². The second-order valence-corrected chi connectivity index (χ2v) is 14.1. The Balaban J connectivity index is 1.74. The predicted molar refractivity (Wildman–Crippen MR) is 201 cm³/mol. The maximum Gasteiger partial charge on any atom is 0.306 e. The average Bonchev–Trinajstić information content (AvgIpc) is 3.13. The molecule has 3 rings (SSSR count). The van der Waals surface area contributed by atoms with Crippen LogP contribution >= 0.6 is 0 Å². The summed E-state index contributed by atoms with van der Waals surface area (Å²) < 4.78 is 5.40. The molecule has 0 aliphatic carbocycles. The van der Waals surface area contributed by atoms with E-state index in [4.69, 9.17) is 16.2 Å². The highest BCUT2D eigenvalue weighted by Gasteiger charge is 2.36. The molecule has 284 valence electrons. The van der Waals surface area contributed by atoms with Crippen LogP contribution in [0.2, 0.25) is 0 Å². The third-order valence-electron chi connectivity index (χ3n) is 9.32. The SMILES string of the molecule is CC[C@H](C)C(NC(=O)[C@@H](CC(=O)OCc1ccccc1)CC(C)C)C(=O)C(=O)N[C@@H](CCC(N)=O)C(=O)C[C@@H](Cc1ccc2ccccc2c1)C(N)=O. The second kappa shape index (κ2) is 20.6. The third-order valence-corrected chi connectivity index (χ3v) is 9.32. The van der Waals surface area contributed by atoms with Gasteiger partial charge in [0.05, 0.1) is 18.5 Å². The highest BCUT2D eigenvalue weighted by molar-refractivity contribution is 6.39. The highest BCUT2D eigenvalue weighted by atomic mass is 16.5. The number of ketones is 2. The van der Waals surface area contributed by atoms with Crippen LogP contribution in [0.1, 0.15) is 77.3 Å². The maximum absolute atomic E-state index is 13.7. The Bertz CT molecular complexity index is 1760. The van der Waals surface area contributed by atoms with Crippen molar-refractivity contribution in [2.75, 3.05) is 0 Å². The summed E-state index contributed by atoms with van der Waals surface area (Å²) in [5, 5.41) is 7.09. The molecule has 6 N–H and O–H groups in total. The molecule has 0 radical (unpaired) electrons. The monoisotopic (exact) mass is 728 g/mol. The van der Waals surface area contributed by atoms with Gasteiger partial charge in [-0.1, -0.05) is 107 Å². The molecule has 4 amide bonds. The standard InChI is InChI=1S/C41H52N4O8/c1-5-26(4)37(45-40(51)32(19-25(2)3)23-36(48)53-24-27-11-7-6-8-12-27)38(49)41(52)44-33(17-18-35(42)47)34(46)22-31(39(43)50)21-28-15-16-29-13-9-10-14-30(29)20-28/h6-16,20,25-26,31-33,37H,5,17-19,21-24H2,1-4H3,(H2,42,47)(H2,43,50)(H,44,52)(H,45,51)/t26-,31+,32+,33-,37?/m0/s1. The number of hydrogen-bond donors (Lipinski definition) is 4. The first-order valence-corrected chi connectivity index (χ1v) is 18.1. The van der Waals surface area contributed by atoms with Crippen LogP contribution in [-0.2, 0) is 51.3 Å². The Kier molecular flexibility index (Phi) is 16.3. The number of benzene rings is 3. The lowest BCUT2D eigenvalue weighted by molar-refractivity contribution is -0.149. The number of Topliss-reactive ketones (excluding diaryl/α,β-unsaturated/α-hetero) is 2. The molecular formula is C41H52N4O8. The van der Waals surface area contributed by atoms with Crippen molar-refractivity contribution in [2.24, 2.45) is 35.1 Å². The van der Waals surface area contributed by atoms with Gasteiger partial charge in [-0.3, -0.25) is 33.6 Å². The quantitative estimate of drug-likeness (QED) is 0.0874. The lowest BCUT2D eigenvalue weighted by Crippen LogP contribution is -2.54. The molecule has 1 unspecified atom stereocenters. The fraction of sp³-hybridized carbons (Fsp3) is 0.439. The fourth-order valence-corrected chi connectivity index (χ4v) is 6.10. The van der Waals surface area contributed by atoms with Gasteiger partial charge in [0.1, 0.15) is 6.61 Å². The number of ether oxygens (including phenoxy) is 1. The van der Waals surface area contributed by atoms with Gasteiger partial charge in [0, 0.05) is 24.7 Å². The number of primary amides is 2. The van der Waals surface area contributed by atoms with Crippen molar-refractivity contribution in [2.45, 2.75) is 91.3 Å². The predicted octanol–water partition coefficient (Wildman–Crippen LogP) is 4.09. The van der Waals surface area contributed by atoms with E-state index in [2.05, 4.69) is 10.6 Å². The van der Waals surface area contributed by atoms with Crippen LogP contribution < -0.4 is 22.1 Å². The smallest absolute Gasteiger partial charge is 0.306 e. The Labute approximate surface area is 310 Å². The maximum atomic E-state index is 13.7. The Hall–Kier alpha value is -5.39. The van der Waals surface area contributed by atoms with Gasteiger partial charge in [0.25, 0.3) is 5.91 Å². The molecule has 3 aromatic rings. The molecule has 0 saturated carbocycles. The largest absolute Gasteiger partial charge is 0.461 e. The average molecular weight is 729 g/mol. The van der Waals surface area contributed by atoms with Gasteiger partial charge in [0.15, 0.2) is 5.78 Å². The van der Waals surface area contributed by atoms with Crippen molar-refractivity contribution in [1.29, 1.82) is 0 Å². The first-order valence-electron chi connectivity index (χ1n) is 18.1. The van der Waals surface area contributed by atoms with Crippen LogP contribution in [0.25, 0.3) is 10.8 Å². The molecule has 0 bridgehead atoms. The van der Waals surface area contributed by atoms with Crippen molar-refractivity contribution in [3.05, 3.63) is 83.9 Å². The first-order chi connectivity index (χ1) is 25.2. The van der Waals surface area contributed by atoms with E-state index in [-0.39, 0.29) is 44.6 Å². The number of rotatable bonds is 22. The fourth-order valence-electron chi connectivity index (χ4n) is 6.10. The minimum absolute atomic E-state index is 0.0243. The first kappa shape index (κ1) is 42.0. The van der Waals surface area contributed by atoms with Gasteiger partial charge in [-0.2, -0.15) is 0 Å². The lowest BCUT2D eigenvalue weighted by Gasteiger charge is -2.27.